The van der Waals surface area contributed by atoms with Crippen LogP contribution in [0.4, 0.5) is 0 Å². The molecule has 0 saturated heterocycles. The van der Waals surface area contributed by atoms with Gasteiger partial charge in [0.25, 0.3) is 0 Å². The summed E-state index contributed by atoms with van der Waals surface area (Å²) in [6, 6.07) is 0. The first kappa shape index (κ1) is 40.2. The predicted octanol–water partition coefficient (Wildman–Crippen LogP) is 12.6. The maximum Gasteiger partial charge on any atom is 0.305 e. The number of unbranched alkanes of at least 4 members (excludes halogenated alkanes) is 25. The molecule has 0 aliphatic heterocycles. The van der Waals surface area contributed by atoms with E-state index in [-0.39, 0.29) is 12.1 Å². The van der Waals surface area contributed by atoms with Gasteiger partial charge >= 0.3 is 5.97 Å². The molecule has 1 N–H and O–H groups in total. The van der Waals surface area contributed by atoms with Crippen molar-refractivity contribution in [3.8, 4) is 0 Å². The largest absolute Gasteiger partial charge is 0.466 e. The number of aliphatic hydroxyl groups is 1. The van der Waals surface area contributed by atoms with Gasteiger partial charge in [-0.05, 0) is 38.5 Å². The van der Waals surface area contributed by atoms with E-state index in [2.05, 4.69) is 26.0 Å². The lowest BCUT2D eigenvalue weighted by Gasteiger charge is -2.07. The molecule has 0 aromatic heterocycles. The third-order valence-electron chi connectivity index (χ3n) is 8.48. The molecule has 0 aliphatic rings. The number of esters is 1. The summed E-state index contributed by atoms with van der Waals surface area (Å²) in [7, 11) is 0. The SMILES string of the molecule is CCCCCCCCCCCCCCCCCCCC(=O)OCCCCCCCC/C=C\C[C@H](O)CCCCCC. The van der Waals surface area contributed by atoms with E-state index in [1.807, 2.05) is 0 Å². The van der Waals surface area contributed by atoms with Crippen molar-refractivity contribution in [3.63, 3.8) is 0 Å². The first-order valence-corrected chi connectivity index (χ1v) is 18.7. The average molecular weight is 579 g/mol. The number of hydrogen-bond donors (Lipinski definition) is 1. The van der Waals surface area contributed by atoms with E-state index in [0.29, 0.717) is 13.0 Å². The van der Waals surface area contributed by atoms with Crippen LogP contribution >= 0.6 is 0 Å². The summed E-state index contributed by atoms with van der Waals surface area (Å²) >= 11 is 0. The van der Waals surface area contributed by atoms with Crippen molar-refractivity contribution in [1.29, 1.82) is 0 Å². The Hall–Kier alpha value is -0.830. The average Bonchev–Trinajstić information content (AvgIpc) is 2.97. The molecule has 41 heavy (non-hydrogen) atoms. The van der Waals surface area contributed by atoms with E-state index in [1.165, 1.54) is 148 Å². The highest BCUT2D eigenvalue weighted by molar-refractivity contribution is 5.69. The van der Waals surface area contributed by atoms with Crippen LogP contribution in [0.1, 0.15) is 213 Å². The van der Waals surface area contributed by atoms with Gasteiger partial charge in [-0.1, -0.05) is 180 Å². The van der Waals surface area contributed by atoms with Gasteiger partial charge in [-0.15, -0.1) is 0 Å². The molecule has 3 heteroatoms. The summed E-state index contributed by atoms with van der Waals surface area (Å²) in [5.74, 6) is 0.00354. The van der Waals surface area contributed by atoms with Gasteiger partial charge in [-0.2, -0.15) is 0 Å². The second kappa shape index (κ2) is 35.4. The predicted molar refractivity (Wildman–Crippen MR) is 181 cm³/mol. The highest BCUT2D eigenvalue weighted by Gasteiger charge is 2.03. The number of rotatable bonds is 34. The fourth-order valence-corrected chi connectivity index (χ4v) is 5.62. The Morgan fingerprint density at radius 1 is 0.537 bits per heavy atom. The minimum atomic E-state index is -0.156. The summed E-state index contributed by atoms with van der Waals surface area (Å²) in [6.07, 6.45) is 43.0. The standard InChI is InChI=1S/C38H74O3/c1-3-5-7-9-10-11-12-13-14-15-16-17-18-21-24-27-31-35-38(40)41-36-32-28-25-22-19-20-23-26-30-34-37(39)33-29-8-6-4-2/h26,30,37,39H,3-25,27-29,31-36H2,1-2H3/b30-26-/t37-/m1/s1. The number of carbonyl (C=O) groups excluding carboxylic acids is 1. The van der Waals surface area contributed by atoms with Crippen molar-refractivity contribution in [1.82, 2.24) is 0 Å². The van der Waals surface area contributed by atoms with Crippen LogP contribution in [0.3, 0.4) is 0 Å². The molecule has 0 aromatic rings. The summed E-state index contributed by atoms with van der Waals surface area (Å²) in [6.45, 7) is 5.11. The van der Waals surface area contributed by atoms with E-state index in [1.54, 1.807) is 0 Å². The Balaban J connectivity index is 3.24. The summed E-state index contributed by atoms with van der Waals surface area (Å²) in [5.41, 5.74) is 0. The van der Waals surface area contributed by atoms with Crippen LogP contribution in [-0.4, -0.2) is 23.8 Å². The van der Waals surface area contributed by atoms with Gasteiger partial charge in [0, 0.05) is 6.42 Å². The number of carbonyl (C=O) groups is 1. The van der Waals surface area contributed by atoms with Crippen LogP contribution in [-0.2, 0) is 9.53 Å². The van der Waals surface area contributed by atoms with Gasteiger partial charge < -0.3 is 9.84 Å². The van der Waals surface area contributed by atoms with Crippen molar-refractivity contribution < 1.29 is 14.6 Å². The normalized spacial score (nSPS) is 12.4. The fraction of sp³-hybridized carbons (Fsp3) is 0.921. The van der Waals surface area contributed by atoms with Gasteiger partial charge in [0.05, 0.1) is 12.7 Å². The summed E-state index contributed by atoms with van der Waals surface area (Å²) in [4.78, 5) is 11.9. The minimum Gasteiger partial charge on any atom is -0.466 e. The molecule has 244 valence electrons. The lowest BCUT2D eigenvalue weighted by atomic mass is 10.0. The van der Waals surface area contributed by atoms with Crippen molar-refractivity contribution >= 4 is 5.97 Å². The Morgan fingerprint density at radius 3 is 1.46 bits per heavy atom. The third kappa shape index (κ3) is 35.3. The van der Waals surface area contributed by atoms with Crippen LogP contribution in [0.2, 0.25) is 0 Å². The highest BCUT2D eigenvalue weighted by Crippen LogP contribution is 2.15. The van der Waals surface area contributed by atoms with E-state index in [9.17, 15) is 9.90 Å². The molecule has 0 saturated carbocycles. The molecule has 0 rings (SSSR count). The molecule has 3 nitrogen and oxygen atoms in total. The Labute approximate surface area is 258 Å². The fourth-order valence-electron chi connectivity index (χ4n) is 5.62. The quantitative estimate of drug-likeness (QED) is 0.0469. The molecular formula is C38H74O3. The molecule has 0 heterocycles. The molecule has 0 unspecified atom stereocenters. The zero-order valence-corrected chi connectivity index (χ0v) is 28.1. The smallest absolute Gasteiger partial charge is 0.305 e. The monoisotopic (exact) mass is 579 g/mol. The van der Waals surface area contributed by atoms with E-state index >= 15 is 0 Å². The van der Waals surface area contributed by atoms with E-state index in [0.717, 1.165) is 44.9 Å². The van der Waals surface area contributed by atoms with Gasteiger partial charge in [-0.3, -0.25) is 4.79 Å². The minimum absolute atomic E-state index is 0.00354. The molecule has 0 spiro atoms. The zero-order valence-electron chi connectivity index (χ0n) is 28.1. The van der Waals surface area contributed by atoms with Gasteiger partial charge in [0.1, 0.15) is 0 Å². The van der Waals surface area contributed by atoms with E-state index in [4.69, 9.17) is 4.74 Å². The Morgan fingerprint density at radius 2 is 0.951 bits per heavy atom. The molecule has 1 atom stereocenters. The topological polar surface area (TPSA) is 46.5 Å². The van der Waals surface area contributed by atoms with Gasteiger partial charge in [0.2, 0.25) is 0 Å². The molecule has 0 aliphatic carbocycles. The lowest BCUT2D eigenvalue weighted by molar-refractivity contribution is -0.143. The summed E-state index contributed by atoms with van der Waals surface area (Å²) < 4.78 is 5.43. The maximum atomic E-state index is 11.9. The molecular weight excluding hydrogens is 504 g/mol. The first-order chi connectivity index (χ1) is 20.2. The van der Waals surface area contributed by atoms with Crippen LogP contribution < -0.4 is 0 Å². The van der Waals surface area contributed by atoms with Crippen molar-refractivity contribution in [2.24, 2.45) is 0 Å². The molecule has 0 amide bonds. The van der Waals surface area contributed by atoms with Crippen LogP contribution in [0, 0.1) is 0 Å². The molecule has 0 bridgehead atoms. The Bertz CT molecular complexity index is 530. The molecule has 0 aromatic carbocycles. The molecule has 0 radical (unpaired) electrons. The summed E-state index contributed by atoms with van der Waals surface area (Å²) in [5, 5.41) is 9.99. The van der Waals surface area contributed by atoms with Crippen LogP contribution in [0.5, 0.6) is 0 Å². The van der Waals surface area contributed by atoms with Crippen molar-refractivity contribution in [3.05, 3.63) is 12.2 Å². The second-order valence-electron chi connectivity index (χ2n) is 12.7. The van der Waals surface area contributed by atoms with Crippen LogP contribution in [0.15, 0.2) is 12.2 Å². The Kier molecular flexibility index (Phi) is 34.7. The second-order valence-corrected chi connectivity index (χ2v) is 12.7. The highest BCUT2D eigenvalue weighted by atomic mass is 16.5. The van der Waals surface area contributed by atoms with Crippen LogP contribution in [0.25, 0.3) is 0 Å². The van der Waals surface area contributed by atoms with Crippen molar-refractivity contribution in [2.45, 2.75) is 219 Å². The lowest BCUT2D eigenvalue weighted by Crippen LogP contribution is -2.05. The van der Waals surface area contributed by atoms with Gasteiger partial charge in [0.15, 0.2) is 0 Å². The first-order valence-electron chi connectivity index (χ1n) is 18.7. The third-order valence-corrected chi connectivity index (χ3v) is 8.48. The number of allylic oxidation sites excluding steroid dienone is 1. The number of ether oxygens (including phenoxy) is 1. The van der Waals surface area contributed by atoms with E-state index < -0.39 is 0 Å². The van der Waals surface area contributed by atoms with Gasteiger partial charge in [-0.25, -0.2) is 0 Å². The number of aliphatic hydroxyl groups excluding tert-OH is 1. The maximum absolute atomic E-state index is 11.9. The number of hydrogen-bond acceptors (Lipinski definition) is 3. The van der Waals surface area contributed by atoms with Crippen molar-refractivity contribution in [2.75, 3.05) is 6.61 Å². The zero-order chi connectivity index (χ0) is 29.9. The molecule has 0 fully saturated rings.